The minimum atomic E-state index is -1.29. The topological polar surface area (TPSA) is 80.4 Å². The molecule has 0 bridgehead atoms. The van der Waals surface area contributed by atoms with E-state index in [0.29, 0.717) is 12.8 Å². The van der Waals surface area contributed by atoms with Gasteiger partial charge in [0.25, 0.3) is 0 Å². The second kappa shape index (κ2) is 2.21. The molecule has 4 nitrogen and oxygen atoms in total. The van der Waals surface area contributed by atoms with E-state index in [1.165, 1.54) is 0 Å². The first-order valence-corrected chi connectivity index (χ1v) is 3.94. The number of nitrogens with two attached hydrogens (primary N) is 1. The SMILES string of the molecule is CC[C@]1(C)C[C@]1(C(N)=O)C(=O)O. The number of carboxylic acids is 1. The quantitative estimate of drug-likeness (QED) is 0.602. The number of rotatable bonds is 3. The van der Waals surface area contributed by atoms with Crippen LogP contribution in [0.15, 0.2) is 0 Å². The predicted molar refractivity (Wildman–Crippen MR) is 42.3 cm³/mol. The van der Waals surface area contributed by atoms with Gasteiger partial charge in [-0.3, -0.25) is 9.59 Å². The van der Waals surface area contributed by atoms with Crippen molar-refractivity contribution in [2.45, 2.75) is 26.7 Å². The lowest BCUT2D eigenvalue weighted by atomic mass is 9.91. The Bertz CT molecular complexity index is 235. The first-order valence-electron chi connectivity index (χ1n) is 3.94. The zero-order valence-corrected chi connectivity index (χ0v) is 7.26. The Hall–Kier alpha value is -1.06. The van der Waals surface area contributed by atoms with Crippen LogP contribution < -0.4 is 5.73 Å². The van der Waals surface area contributed by atoms with E-state index in [4.69, 9.17) is 10.8 Å². The molecule has 0 radical (unpaired) electrons. The molecule has 0 aromatic heterocycles. The lowest BCUT2D eigenvalue weighted by Crippen LogP contribution is -2.36. The molecule has 4 heteroatoms. The zero-order chi connectivity index (χ0) is 9.57. The first-order chi connectivity index (χ1) is 5.40. The van der Waals surface area contributed by atoms with Crippen LogP contribution in [0.1, 0.15) is 26.7 Å². The van der Waals surface area contributed by atoms with Gasteiger partial charge in [0.15, 0.2) is 5.41 Å². The minimum absolute atomic E-state index is 0.376. The van der Waals surface area contributed by atoms with Gasteiger partial charge < -0.3 is 10.8 Å². The summed E-state index contributed by atoms with van der Waals surface area (Å²) in [6.45, 7) is 3.65. The molecule has 1 aliphatic rings. The summed E-state index contributed by atoms with van der Waals surface area (Å²) >= 11 is 0. The monoisotopic (exact) mass is 171 g/mol. The fraction of sp³-hybridized carbons (Fsp3) is 0.750. The molecule has 68 valence electrons. The molecule has 0 aromatic rings. The minimum Gasteiger partial charge on any atom is -0.480 e. The summed E-state index contributed by atoms with van der Waals surface area (Å²) in [6, 6.07) is 0. The Morgan fingerprint density at radius 2 is 2.08 bits per heavy atom. The van der Waals surface area contributed by atoms with Crippen molar-refractivity contribution in [3.63, 3.8) is 0 Å². The van der Waals surface area contributed by atoms with Gasteiger partial charge in [-0.15, -0.1) is 0 Å². The molecule has 1 saturated carbocycles. The van der Waals surface area contributed by atoms with Crippen LogP contribution >= 0.6 is 0 Å². The number of hydrogen-bond acceptors (Lipinski definition) is 2. The third kappa shape index (κ3) is 0.777. The molecule has 0 spiro atoms. The molecule has 1 aliphatic carbocycles. The van der Waals surface area contributed by atoms with E-state index in [0.717, 1.165) is 0 Å². The normalized spacial score (nSPS) is 39.2. The van der Waals surface area contributed by atoms with Crippen LogP contribution in [0, 0.1) is 10.8 Å². The highest BCUT2D eigenvalue weighted by Crippen LogP contribution is 2.65. The molecule has 2 atom stereocenters. The predicted octanol–water partition coefficient (Wildman–Crippen LogP) is 0.363. The molecular formula is C8H13NO3. The second-order valence-electron chi connectivity index (χ2n) is 3.67. The number of carbonyl (C=O) groups excluding carboxylic acids is 1. The van der Waals surface area contributed by atoms with E-state index in [1.807, 2.05) is 6.92 Å². The number of hydrogen-bond donors (Lipinski definition) is 2. The van der Waals surface area contributed by atoms with Gasteiger partial charge in [0.1, 0.15) is 0 Å². The van der Waals surface area contributed by atoms with Crippen molar-refractivity contribution in [1.82, 2.24) is 0 Å². The van der Waals surface area contributed by atoms with E-state index in [2.05, 4.69) is 0 Å². The largest absolute Gasteiger partial charge is 0.480 e. The van der Waals surface area contributed by atoms with Crippen LogP contribution in [0.25, 0.3) is 0 Å². The smallest absolute Gasteiger partial charge is 0.319 e. The van der Waals surface area contributed by atoms with E-state index in [9.17, 15) is 9.59 Å². The molecule has 1 rings (SSSR count). The highest BCUT2D eigenvalue weighted by Gasteiger charge is 2.72. The maximum Gasteiger partial charge on any atom is 0.319 e. The molecule has 0 heterocycles. The highest BCUT2D eigenvalue weighted by atomic mass is 16.4. The highest BCUT2D eigenvalue weighted by molar-refractivity contribution is 6.05. The van der Waals surface area contributed by atoms with Gasteiger partial charge in [0, 0.05) is 0 Å². The molecular weight excluding hydrogens is 158 g/mol. The maximum absolute atomic E-state index is 10.9. The lowest BCUT2D eigenvalue weighted by Gasteiger charge is -2.13. The fourth-order valence-electron chi connectivity index (χ4n) is 1.79. The molecule has 0 unspecified atom stereocenters. The fourth-order valence-corrected chi connectivity index (χ4v) is 1.79. The van der Waals surface area contributed by atoms with Crippen LogP contribution in [0.4, 0.5) is 0 Å². The average molecular weight is 171 g/mol. The van der Waals surface area contributed by atoms with E-state index in [-0.39, 0.29) is 0 Å². The van der Waals surface area contributed by atoms with Crippen LogP contribution in [0.2, 0.25) is 0 Å². The number of aliphatic carboxylic acids is 1. The number of amides is 1. The summed E-state index contributed by atoms with van der Waals surface area (Å²) < 4.78 is 0. The zero-order valence-electron chi connectivity index (χ0n) is 7.26. The Labute approximate surface area is 70.7 Å². The number of carbonyl (C=O) groups is 2. The summed E-state index contributed by atoms with van der Waals surface area (Å²) in [7, 11) is 0. The summed E-state index contributed by atoms with van der Waals surface area (Å²) in [5.41, 5.74) is 3.35. The maximum atomic E-state index is 10.9. The van der Waals surface area contributed by atoms with Crippen molar-refractivity contribution in [2.24, 2.45) is 16.6 Å². The Morgan fingerprint density at radius 1 is 1.58 bits per heavy atom. The summed E-state index contributed by atoms with van der Waals surface area (Å²) in [5, 5.41) is 8.84. The molecule has 0 saturated heterocycles. The van der Waals surface area contributed by atoms with Crippen molar-refractivity contribution >= 4 is 11.9 Å². The third-order valence-electron chi connectivity index (χ3n) is 3.13. The summed E-state index contributed by atoms with van der Waals surface area (Å²) in [5.74, 6) is -1.79. The Kier molecular flexibility index (Phi) is 1.67. The molecule has 3 N–H and O–H groups in total. The van der Waals surface area contributed by atoms with E-state index < -0.39 is 22.7 Å². The molecule has 12 heavy (non-hydrogen) atoms. The lowest BCUT2D eigenvalue weighted by molar-refractivity contribution is -0.149. The van der Waals surface area contributed by atoms with Crippen LogP contribution in [0.5, 0.6) is 0 Å². The molecule has 1 amide bonds. The van der Waals surface area contributed by atoms with Crippen LogP contribution in [-0.2, 0) is 9.59 Å². The third-order valence-corrected chi connectivity index (χ3v) is 3.13. The van der Waals surface area contributed by atoms with E-state index >= 15 is 0 Å². The number of carboxylic acid groups (broad SMARTS) is 1. The van der Waals surface area contributed by atoms with Crippen molar-refractivity contribution in [3.05, 3.63) is 0 Å². The standard InChI is InChI=1S/C8H13NO3/c1-3-7(2)4-8(7,5(9)10)6(11)12/h3-4H2,1-2H3,(H2,9,10)(H,11,12)/t7-,8+/m1/s1. The summed E-state index contributed by atoms with van der Waals surface area (Å²) in [4.78, 5) is 21.7. The molecule has 0 aromatic carbocycles. The van der Waals surface area contributed by atoms with Crippen molar-refractivity contribution < 1.29 is 14.7 Å². The molecule has 1 fully saturated rings. The molecule has 0 aliphatic heterocycles. The summed E-state index contributed by atoms with van der Waals surface area (Å²) in [6.07, 6.45) is 1.05. The first kappa shape index (κ1) is 9.03. The Balaban J connectivity index is 2.97. The second-order valence-corrected chi connectivity index (χ2v) is 3.67. The Morgan fingerprint density at radius 3 is 2.17 bits per heavy atom. The van der Waals surface area contributed by atoms with Gasteiger partial charge in [-0.2, -0.15) is 0 Å². The van der Waals surface area contributed by atoms with Gasteiger partial charge in [-0.1, -0.05) is 13.8 Å². The average Bonchev–Trinajstić information content (AvgIpc) is 2.59. The van der Waals surface area contributed by atoms with E-state index in [1.54, 1.807) is 6.92 Å². The van der Waals surface area contributed by atoms with Gasteiger partial charge in [-0.05, 0) is 18.3 Å². The van der Waals surface area contributed by atoms with Gasteiger partial charge in [-0.25, -0.2) is 0 Å². The van der Waals surface area contributed by atoms with Crippen LogP contribution in [-0.4, -0.2) is 17.0 Å². The number of primary amides is 1. The van der Waals surface area contributed by atoms with Gasteiger partial charge in [0.05, 0.1) is 0 Å². The van der Waals surface area contributed by atoms with Gasteiger partial charge >= 0.3 is 5.97 Å². The van der Waals surface area contributed by atoms with Crippen molar-refractivity contribution in [3.8, 4) is 0 Å². The van der Waals surface area contributed by atoms with Gasteiger partial charge in [0.2, 0.25) is 5.91 Å². The van der Waals surface area contributed by atoms with Crippen molar-refractivity contribution in [2.75, 3.05) is 0 Å². The van der Waals surface area contributed by atoms with Crippen LogP contribution in [0.3, 0.4) is 0 Å². The van der Waals surface area contributed by atoms with Crippen molar-refractivity contribution in [1.29, 1.82) is 0 Å².